The molecule has 0 bridgehead atoms. The quantitative estimate of drug-likeness (QED) is 0.0865. The van der Waals surface area contributed by atoms with Gasteiger partial charge >= 0.3 is 0 Å². The average molecular weight is 726 g/mol. The van der Waals surface area contributed by atoms with Crippen LogP contribution in [0.5, 0.6) is 0 Å². The number of nitro groups is 1. The molecule has 2 aliphatic rings. The fraction of sp³-hybridized carbons (Fsp3) is 0.244. The third kappa shape index (κ3) is 7.06. The first-order valence-corrected chi connectivity index (χ1v) is 17.8. The molecule has 274 valence electrons. The van der Waals surface area contributed by atoms with Crippen LogP contribution in [0.4, 0.5) is 17.1 Å². The number of aliphatic hydroxyl groups is 2. The molecule has 13 heteroatoms. The molecule has 0 fully saturated rings. The first kappa shape index (κ1) is 36.1. The monoisotopic (exact) mass is 725 g/mol. The number of fused-ring (bicyclic) bond motifs is 1. The van der Waals surface area contributed by atoms with Gasteiger partial charge in [-0.3, -0.25) is 24.4 Å². The van der Waals surface area contributed by atoms with E-state index in [4.69, 9.17) is 0 Å². The summed E-state index contributed by atoms with van der Waals surface area (Å²) in [5, 5.41) is 48.4. The Bertz CT molecular complexity index is 2220. The minimum atomic E-state index is -2.06. The van der Waals surface area contributed by atoms with E-state index < -0.39 is 22.3 Å². The van der Waals surface area contributed by atoms with Crippen molar-refractivity contribution < 1.29 is 24.7 Å². The van der Waals surface area contributed by atoms with Gasteiger partial charge in [-0.2, -0.15) is 5.10 Å². The smallest absolute Gasteiger partial charge is 0.269 e. The number of rotatable bonds is 13. The molecule has 0 radical (unpaired) electrons. The Morgan fingerprint density at radius 3 is 2.39 bits per heavy atom. The van der Waals surface area contributed by atoms with E-state index in [0.29, 0.717) is 42.9 Å². The van der Waals surface area contributed by atoms with Crippen LogP contribution in [0.3, 0.4) is 0 Å². The third-order valence-corrected chi connectivity index (χ3v) is 10.0. The summed E-state index contributed by atoms with van der Waals surface area (Å²) < 4.78 is 1.67. The van der Waals surface area contributed by atoms with Crippen molar-refractivity contribution in [3.05, 3.63) is 160 Å². The van der Waals surface area contributed by atoms with E-state index in [-0.39, 0.29) is 36.2 Å². The van der Waals surface area contributed by atoms with E-state index in [1.807, 2.05) is 66.7 Å². The Kier molecular flexibility index (Phi) is 10.3. The van der Waals surface area contributed by atoms with Gasteiger partial charge < -0.3 is 15.1 Å². The largest absolute Gasteiger partial charge is 0.395 e. The van der Waals surface area contributed by atoms with Crippen LogP contribution in [-0.2, 0) is 28.3 Å². The molecule has 1 aromatic heterocycles. The van der Waals surface area contributed by atoms with Crippen molar-refractivity contribution in [3.63, 3.8) is 0 Å². The maximum atomic E-state index is 14.2. The molecule has 7 rings (SSSR count). The fourth-order valence-electron chi connectivity index (χ4n) is 7.01. The zero-order valence-electron chi connectivity index (χ0n) is 29.6. The predicted molar refractivity (Wildman–Crippen MR) is 203 cm³/mol. The van der Waals surface area contributed by atoms with Crippen molar-refractivity contribution >= 4 is 34.6 Å². The summed E-state index contributed by atoms with van der Waals surface area (Å²) in [7, 11) is 0. The zero-order chi connectivity index (χ0) is 37.8. The summed E-state index contributed by atoms with van der Waals surface area (Å²) in [5.74, 6) is -1.77. The van der Waals surface area contributed by atoms with E-state index in [2.05, 4.69) is 15.4 Å². The lowest BCUT2D eigenvalue weighted by Crippen LogP contribution is -2.44. The highest BCUT2D eigenvalue weighted by Gasteiger charge is 2.53. The Labute approximate surface area is 311 Å². The van der Waals surface area contributed by atoms with Crippen LogP contribution >= 0.6 is 0 Å². The lowest BCUT2D eigenvalue weighted by Gasteiger charge is -2.27. The summed E-state index contributed by atoms with van der Waals surface area (Å²) in [6.45, 7) is 2.14. The molecule has 2 amide bonds. The number of hydrogen-bond acceptors (Lipinski definition) is 9. The van der Waals surface area contributed by atoms with Gasteiger partial charge in [0.25, 0.3) is 11.6 Å². The maximum Gasteiger partial charge on any atom is 0.269 e. The molecule has 0 saturated heterocycles. The van der Waals surface area contributed by atoms with Gasteiger partial charge in [0.05, 0.1) is 46.8 Å². The highest BCUT2D eigenvalue weighted by molar-refractivity contribution is 6.09. The molecule has 13 nitrogen and oxygen atoms in total. The normalized spacial score (nSPS) is 18.2. The standard InChI is InChI=1S/C41H39N7O6/c1-28(10-8-9-23-45-26-37(42-44-45)34(27-49)30-11-4-2-5-12-30)41(52)35-24-33(48(53)54)19-21-38(35)46(40(41)51)25-29-15-17-32(18-16-29)47-39(50)22-20-36(43-47)31-13-6-3-7-14-31/h2-8,10-19,21,24,26,28,34,49,52H,9,20,22-23,25,27H2,1H3/b10-8+/t28-,34?,41+/m1/s1. The molecule has 3 heterocycles. The number of non-ortho nitro benzene ring substituents is 1. The van der Waals surface area contributed by atoms with Crippen molar-refractivity contribution in [2.75, 3.05) is 16.5 Å². The maximum absolute atomic E-state index is 14.2. The van der Waals surface area contributed by atoms with Crippen molar-refractivity contribution in [1.82, 2.24) is 15.0 Å². The summed E-state index contributed by atoms with van der Waals surface area (Å²) >= 11 is 0. The topological polar surface area (TPSA) is 167 Å². The van der Waals surface area contributed by atoms with Crippen LogP contribution in [0.1, 0.15) is 60.1 Å². The number of aryl methyl sites for hydroxylation is 1. The van der Waals surface area contributed by atoms with Gasteiger partial charge in [-0.15, -0.1) is 5.10 Å². The molecule has 3 atom stereocenters. The number of aliphatic hydroxyl groups excluding tert-OH is 1. The number of allylic oxidation sites excluding steroid dienone is 1. The third-order valence-electron chi connectivity index (χ3n) is 10.0. The molecule has 5 aromatic rings. The van der Waals surface area contributed by atoms with Gasteiger partial charge in [-0.05, 0) is 41.3 Å². The van der Waals surface area contributed by atoms with E-state index in [1.54, 1.807) is 48.1 Å². The van der Waals surface area contributed by atoms with Gasteiger partial charge in [0, 0.05) is 49.2 Å². The molecule has 0 saturated carbocycles. The number of aromatic nitrogens is 3. The molecule has 1 unspecified atom stereocenters. The number of hydrogen-bond donors (Lipinski definition) is 2. The number of nitrogens with zero attached hydrogens (tertiary/aromatic N) is 7. The van der Waals surface area contributed by atoms with Gasteiger partial charge in [0.2, 0.25) is 5.91 Å². The summed E-state index contributed by atoms with van der Waals surface area (Å²) in [4.78, 5) is 39.7. The van der Waals surface area contributed by atoms with Crippen LogP contribution in [0.15, 0.2) is 127 Å². The molecule has 0 spiro atoms. The Hall–Kier alpha value is -6.31. The first-order chi connectivity index (χ1) is 26.2. The molecular weight excluding hydrogens is 686 g/mol. The van der Waals surface area contributed by atoms with Gasteiger partial charge in [0.1, 0.15) is 0 Å². The number of nitro benzene ring substituents is 1. The van der Waals surface area contributed by atoms with E-state index in [9.17, 15) is 29.9 Å². The number of anilines is 2. The van der Waals surface area contributed by atoms with Crippen molar-refractivity contribution in [3.8, 4) is 0 Å². The van der Waals surface area contributed by atoms with Crippen LogP contribution in [0.25, 0.3) is 0 Å². The highest BCUT2D eigenvalue weighted by atomic mass is 16.6. The van der Waals surface area contributed by atoms with E-state index in [0.717, 1.165) is 22.4 Å². The van der Waals surface area contributed by atoms with Gasteiger partial charge in [-0.1, -0.05) is 97.1 Å². The van der Waals surface area contributed by atoms with Gasteiger partial charge in [0.15, 0.2) is 5.60 Å². The lowest BCUT2D eigenvalue weighted by molar-refractivity contribution is -0.385. The lowest BCUT2D eigenvalue weighted by atomic mass is 9.82. The minimum Gasteiger partial charge on any atom is -0.395 e. The first-order valence-electron chi connectivity index (χ1n) is 17.8. The number of benzene rings is 4. The SMILES string of the molecule is C[C@H](/C=C/CCn1cc(C(CO)c2ccccc2)nn1)[C@@]1(O)C(=O)N(Cc2ccc(N3N=C(c4ccccc4)CCC3=O)cc2)c2ccc([N+](=O)[O-])cc21. The number of carbonyl (C=O) groups is 2. The van der Waals surface area contributed by atoms with Gasteiger partial charge in [-0.25, -0.2) is 5.01 Å². The summed E-state index contributed by atoms with van der Waals surface area (Å²) in [6, 6.07) is 30.5. The summed E-state index contributed by atoms with van der Waals surface area (Å²) in [6.07, 6.45) is 6.74. The molecule has 2 N–H and O–H groups in total. The molecule has 2 aliphatic heterocycles. The second kappa shape index (κ2) is 15.3. The molecular formula is C41H39N7O6. The van der Waals surface area contributed by atoms with Crippen molar-refractivity contribution in [1.29, 1.82) is 0 Å². The van der Waals surface area contributed by atoms with Crippen molar-refractivity contribution in [2.45, 2.75) is 50.8 Å². The second-order valence-corrected chi connectivity index (χ2v) is 13.5. The molecule has 0 aliphatic carbocycles. The highest BCUT2D eigenvalue weighted by Crippen LogP contribution is 2.47. The fourth-order valence-corrected chi connectivity index (χ4v) is 7.01. The summed E-state index contributed by atoms with van der Waals surface area (Å²) in [5.41, 5.74) is 2.90. The zero-order valence-corrected chi connectivity index (χ0v) is 29.6. The Morgan fingerprint density at radius 2 is 1.69 bits per heavy atom. The Balaban J connectivity index is 1.07. The van der Waals surface area contributed by atoms with E-state index >= 15 is 0 Å². The predicted octanol–water partition coefficient (Wildman–Crippen LogP) is 5.86. The average Bonchev–Trinajstić information content (AvgIpc) is 3.75. The molecule has 4 aromatic carbocycles. The number of amides is 2. The van der Waals surface area contributed by atoms with Crippen molar-refractivity contribution in [2.24, 2.45) is 11.0 Å². The van der Waals surface area contributed by atoms with E-state index in [1.165, 1.54) is 28.1 Å². The number of carbonyl (C=O) groups excluding carboxylic acids is 2. The van der Waals surface area contributed by atoms with Crippen LogP contribution in [-0.4, -0.2) is 54.3 Å². The Morgan fingerprint density at radius 1 is 0.963 bits per heavy atom. The second-order valence-electron chi connectivity index (χ2n) is 13.5. The minimum absolute atomic E-state index is 0.0849. The number of hydrazone groups is 1. The van der Waals surface area contributed by atoms with Crippen LogP contribution in [0.2, 0.25) is 0 Å². The van der Waals surface area contributed by atoms with Crippen LogP contribution in [0, 0.1) is 16.0 Å². The van der Waals surface area contributed by atoms with Crippen LogP contribution < -0.4 is 9.91 Å². The molecule has 54 heavy (non-hydrogen) atoms.